The van der Waals surface area contributed by atoms with Crippen molar-refractivity contribution in [3.05, 3.63) is 53.3 Å². The third-order valence-corrected chi connectivity index (χ3v) is 4.55. The van der Waals surface area contributed by atoms with Crippen molar-refractivity contribution < 1.29 is 27.1 Å². The molecular weight excluding hydrogens is 357 g/mol. The molecule has 0 unspecified atom stereocenters. The molecule has 0 N–H and O–H groups in total. The molecule has 0 radical (unpaired) electrons. The fourth-order valence-electron chi connectivity index (χ4n) is 3.25. The zero-order chi connectivity index (χ0) is 19.6. The number of alkyl halides is 3. The molecule has 1 heterocycles. The SMILES string of the molecule is CCc1cccc2c(OC)c(-c3occ(C)c3COCC(F)(F)F)ccc12. The van der Waals surface area contributed by atoms with Crippen LogP contribution < -0.4 is 4.74 Å². The molecule has 0 aliphatic carbocycles. The van der Waals surface area contributed by atoms with E-state index in [9.17, 15) is 13.2 Å². The van der Waals surface area contributed by atoms with E-state index in [1.807, 2.05) is 24.3 Å². The van der Waals surface area contributed by atoms with E-state index in [1.165, 1.54) is 11.8 Å². The zero-order valence-corrected chi connectivity index (χ0v) is 15.4. The standard InChI is InChI=1S/C21H21F3O3/c1-4-14-6-5-7-16-15(14)8-9-17(19(16)25-3)20-18(13(2)10-27-20)11-26-12-21(22,23)24/h5-10H,4,11-12H2,1-3H3. The molecule has 0 bridgehead atoms. The second-order valence-corrected chi connectivity index (χ2v) is 6.35. The van der Waals surface area contributed by atoms with Crippen molar-refractivity contribution in [2.24, 2.45) is 0 Å². The lowest BCUT2D eigenvalue weighted by atomic mass is 9.97. The maximum absolute atomic E-state index is 12.4. The van der Waals surface area contributed by atoms with Crippen molar-refractivity contribution in [3.8, 4) is 17.1 Å². The molecule has 0 saturated carbocycles. The number of hydrogen-bond acceptors (Lipinski definition) is 3. The van der Waals surface area contributed by atoms with Gasteiger partial charge in [0.1, 0.15) is 18.1 Å². The molecular formula is C21H21F3O3. The minimum absolute atomic E-state index is 0.187. The Labute approximate surface area is 155 Å². The molecule has 144 valence electrons. The number of halogens is 3. The summed E-state index contributed by atoms with van der Waals surface area (Å²) >= 11 is 0. The van der Waals surface area contributed by atoms with Crippen LogP contribution in [0.1, 0.15) is 23.6 Å². The van der Waals surface area contributed by atoms with Crippen LogP contribution in [0.4, 0.5) is 13.2 Å². The normalized spacial score (nSPS) is 11.9. The number of methoxy groups -OCH3 is 1. The van der Waals surface area contributed by atoms with Gasteiger partial charge in [-0.25, -0.2) is 0 Å². The van der Waals surface area contributed by atoms with Gasteiger partial charge in [0.2, 0.25) is 0 Å². The molecule has 0 aliphatic rings. The van der Waals surface area contributed by atoms with Crippen molar-refractivity contribution >= 4 is 10.8 Å². The van der Waals surface area contributed by atoms with Crippen LogP contribution in [0.25, 0.3) is 22.1 Å². The molecule has 2 aromatic carbocycles. The lowest BCUT2D eigenvalue weighted by Crippen LogP contribution is -2.16. The molecule has 0 atom stereocenters. The Kier molecular flexibility index (Phi) is 5.46. The third kappa shape index (κ3) is 3.95. The summed E-state index contributed by atoms with van der Waals surface area (Å²) in [5, 5.41) is 2.02. The van der Waals surface area contributed by atoms with E-state index in [2.05, 4.69) is 13.0 Å². The largest absolute Gasteiger partial charge is 0.495 e. The average Bonchev–Trinajstić information content (AvgIpc) is 2.99. The van der Waals surface area contributed by atoms with Gasteiger partial charge in [-0.2, -0.15) is 13.2 Å². The highest BCUT2D eigenvalue weighted by Gasteiger charge is 2.28. The van der Waals surface area contributed by atoms with Crippen LogP contribution in [-0.2, 0) is 17.8 Å². The molecule has 0 aliphatic heterocycles. The summed E-state index contributed by atoms with van der Waals surface area (Å²) in [5.41, 5.74) is 3.21. The Morgan fingerprint density at radius 1 is 1.07 bits per heavy atom. The number of aryl methyl sites for hydroxylation is 2. The lowest BCUT2D eigenvalue weighted by Gasteiger charge is -2.14. The molecule has 0 amide bonds. The van der Waals surface area contributed by atoms with Gasteiger partial charge in [-0.05, 0) is 35.9 Å². The van der Waals surface area contributed by atoms with E-state index in [4.69, 9.17) is 13.9 Å². The van der Waals surface area contributed by atoms with Crippen molar-refractivity contribution in [2.45, 2.75) is 33.1 Å². The van der Waals surface area contributed by atoms with Gasteiger partial charge in [0.15, 0.2) is 0 Å². The molecule has 0 spiro atoms. The summed E-state index contributed by atoms with van der Waals surface area (Å²) in [6.45, 7) is 2.38. The van der Waals surface area contributed by atoms with Crippen molar-refractivity contribution in [1.29, 1.82) is 0 Å². The van der Waals surface area contributed by atoms with E-state index >= 15 is 0 Å². The smallest absolute Gasteiger partial charge is 0.411 e. The number of furan rings is 1. The minimum atomic E-state index is -4.37. The van der Waals surface area contributed by atoms with E-state index in [0.717, 1.165) is 22.8 Å². The van der Waals surface area contributed by atoms with E-state index < -0.39 is 12.8 Å². The van der Waals surface area contributed by atoms with Gasteiger partial charge >= 0.3 is 6.18 Å². The van der Waals surface area contributed by atoms with Crippen LogP contribution in [0.5, 0.6) is 5.75 Å². The Morgan fingerprint density at radius 3 is 2.52 bits per heavy atom. The van der Waals surface area contributed by atoms with Crippen molar-refractivity contribution in [1.82, 2.24) is 0 Å². The van der Waals surface area contributed by atoms with Crippen LogP contribution >= 0.6 is 0 Å². The third-order valence-electron chi connectivity index (χ3n) is 4.55. The van der Waals surface area contributed by atoms with Gasteiger partial charge in [0.05, 0.1) is 25.5 Å². The van der Waals surface area contributed by atoms with Gasteiger partial charge in [-0.1, -0.05) is 31.2 Å². The van der Waals surface area contributed by atoms with Gasteiger partial charge in [0.25, 0.3) is 0 Å². The first kappa shape index (κ1) is 19.3. The van der Waals surface area contributed by atoms with Gasteiger partial charge in [-0.15, -0.1) is 0 Å². The van der Waals surface area contributed by atoms with Crippen molar-refractivity contribution in [2.75, 3.05) is 13.7 Å². The summed E-state index contributed by atoms with van der Waals surface area (Å²) in [6.07, 6.45) is -1.96. The maximum Gasteiger partial charge on any atom is 0.411 e. The lowest BCUT2D eigenvalue weighted by molar-refractivity contribution is -0.176. The number of ether oxygens (including phenoxy) is 2. The summed E-state index contributed by atoms with van der Waals surface area (Å²) < 4.78 is 53.4. The summed E-state index contributed by atoms with van der Waals surface area (Å²) in [6, 6.07) is 9.87. The molecule has 3 aromatic rings. The van der Waals surface area contributed by atoms with E-state index in [0.29, 0.717) is 22.6 Å². The van der Waals surface area contributed by atoms with Crippen LogP contribution in [0, 0.1) is 6.92 Å². The van der Waals surface area contributed by atoms with E-state index in [1.54, 1.807) is 14.0 Å². The highest BCUT2D eigenvalue weighted by Crippen LogP contribution is 2.40. The fraction of sp³-hybridized carbons (Fsp3) is 0.333. The van der Waals surface area contributed by atoms with Crippen LogP contribution in [-0.4, -0.2) is 19.9 Å². The first-order valence-corrected chi connectivity index (χ1v) is 8.66. The molecule has 6 heteroatoms. The number of rotatable bonds is 6. The summed E-state index contributed by atoms with van der Waals surface area (Å²) in [4.78, 5) is 0. The predicted molar refractivity (Wildman–Crippen MR) is 98.0 cm³/mol. The van der Waals surface area contributed by atoms with E-state index in [-0.39, 0.29) is 6.61 Å². The molecule has 0 saturated heterocycles. The Bertz CT molecular complexity index is 942. The minimum Gasteiger partial charge on any atom is -0.495 e. The van der Waals surface area contributed by atoms with Crippen LogP contribution in [0.2, 0.25) is 0 Å². The Hall–Kier alpha value is -2.47. The number of hydrogen-bond donors (Lipinski definition) is 0. The maximum atomic E-state index is 12.4. The summed E-state index contributed by atoms with van der Waals surface area (Å²) in [7, 11) is 1.58. The molecule has 3 rings (SSSR count). The average molecular weight is 378 g/mol. The second-order valence-electron chi connectivity index (χ2n) is 6.35. The van der Waals surface area contributed by atoms with Crippen molar-refractivity contribution in [3.63, 3.8) is 0 Å². The second kappa shape index (κ2) is 7.64. The predicted octanol–water partition coefficient (Wildman–Crippen LogP) is 6.06. The fourth-order valence-corrected chi connectivity index (χ4v) is 3.25. The molecule has 3 nitrogen and oxygen atoms in total. The number of benzene rings is 2. The van der Waals surface area contributed by atoms with Crippen LogP contribution in [0.3, 0.4) is 0 Å². The first-order chi connectivity index (χ1) is 12.9. The highest BCUT2D eigenvalue weighted by atomic mass is 19.4. The topological polar surface area (TPSA) is 31.6 Å². The molecule has 1 aromatic heterocycles. The summed E-state index contributed by atoms with van der Waals surface area (Å²) in [5.74, 6) is 1.10. The Balaban J connectivity index is 2.05. The van der Waals surface area contributed by atoms with Gasteiger partial charge in [0, 0.05) is 10.9 Å². The van der Waals surface area contributed by atoms with Gasteiger partial charge < -0.3 is 13.9 Å². The Morgan fingerprint density at radius 2 is 1.85 bits per heavy atom. The van der Waals surface area contributed by atoms with Gasteiger partial charge in [-0.3, -0.25) is 0 Å². The monoisotopic (exact) mass is 378 g/mol. The molecule has 27 heavy (non-hydrogen) atoms. The first-order valence-electron chi connectivity index (χ1n) is 8.66. The quantitative estimate of drug-likeness (QED) is 0.523. The number of fused-ring (bicyclic) bond motifs is 1. The highest BCUT2D eigenvalue weighted by molar-refractivity contribution is 5.96. The van der Waals surface area contributed by atoms with Crippen LogP contribution in [0.15, 0.2) is 41.0 Å². The zero-order valence-electron chi connectivity index (χ0n) is 15.4. The molecule has 0 fully saturated rings.